The molecule has 0 radical (unpaired) electrons. The van der Waals surface area contributed by atoms with E-state index >= 15 is 0 Å². The first-order chi connectivity index (χ1) is 8.29. The number of carbonyl (C=O) groups excluding carboxylic acids is 1. The molecule has 1 aliphatic carbocycles. The van der Waals surface area contributed by atoms with Crippen molar-refractivity contribution in [2.75, 3.05) is 26.3 Å². The predicted molar refractivity (Wildman–Crippen MR) is 68.5 cm³/mol. The molecule has 0 aliphatic heterocycles. The van der Waals surface area contributed by atoms with Crippen molar-refractivity contribution >= 4 is 5.91 Å². The zero-order valence-electron chi connectivity index (χ0n) is 10.5. The van der Waals surface area contributed by atoms with Crippen LogP contribution < -0.4 is 11.1 Å². The average Bonchev–Trinajstić information content (AvgIpc) is 2.81. The lowest BCUT2D eigenvalue weighted by Gasteiger charge is -2.17. The van der Waals surface area contributed by atoms with Gasteiger partial charge in [-0.2, -0.15) is 0 Å². The Bertz CT molecular complexity index is 244. The highest BCUT2D eigenvalue weighted by molar-refractivity contribution is 5.79. The summed E-state index contributed by atoms with van der Waals surface area (Å²) in [6.45, 7) is 6.07. The molecule has 0 bridgehead atoms. The summed E-state index contributed by atoms with van der Waals surface area (Å²) in [5, 5.41) is 2.92. The van der Waals surface area contributed by atoms with E-state index in [1.54, 1.807) is 0 Å². The second-order valence-corrected chi connectivity index (χ2v) is 4.51. The lowest BCUT2D eigenvalue weighted by Crippen LogP contribution is -2.36. The van der Waals surface area contributed by atoms with Gasteiger partial charge in [0.15, 0.2) is 0 Å². The Kier molecular flexibility index (Phi) is 6.89. The second kappa shape index (κ2) is 8.25. The van der Waals surface area contributed by atoms with Gasteiger partial charge in [-0.3, -0.25) is 4.79 Å². The average molecular weight is 240 g/mol. The third-order valence-electron chi connectivity index (χ3n) is 3.31. The van der Waals surface area contributed by atoms with Gasteiger partial charge in [-0.15, -0.1) is 6.58 Å². The van der Waals surface area contributed by atoms with Crippen LogP contribution in [0.1, 0.15) is 25.7 Å². The van der Waals surface area contributed by atoms with Crippen LogP contribution in [0, 0.1) is 11.8 Å². The molecule has 1 fully saturated rings. The van der Waals surface area contributed by atoms with Crippen LogP contribution in [0.25, 0.3) is 0 Å². The van der Waals surface area contributed by atoms with E-state index in [2.05, 4.69) is 11.9 Å². The van der Waals surface area contributed by atoms with E-state index in [-0.39, 0.29) is 11.8 Å². The number of amides is 1. The van der Waals surface area contributed by atoms with Crippen LogP contribution >= 0.6 is 0 Å². The molecule has 1 saturated carbocycles. The molecule has 1 amide bonds. The van der Waals surface area contributed by atoms with Gasteiger partial charge >= 0.3 is 0 Å². The fourth-order valence-electron chi connectivity index (χ4n) is 2.31. The molecule has 3 N–H and O–H groups in total. The van der Waals surface area contributed by atoms with E-state index in [1.807, 2.05) is 6.08 Å². The molecule has 98 valence electrons. The van der Waals surface area contributed by atoms with Gasteiger partial charge in [-0.1, -0.05) is 12.5 Å². The molecule has 2 unspecified atom stereocenters. The Morgan fingerprint density at radius 3 is 3.00 bits per heavy atom. The van der Waals surface area contributed by atoms with Gasteiger partial charge < -0.3 is 15.8 Å². The number of rotatable bonds is 8. The van der Waals surface area contributed by atoms with E-state index in [4.69, 9.17) is 10.5 Å². The molecular formula is C13H24N2O2. The Morgan fingerprint density at radius 1 is 1.47 bits per heavy atom. The summed E-state index contributed by atoms with van der Waals surface area (Å²) in [5.74, 6) is 0.634. The van der Waals surface area contributed by atoms with E-state index in [9.17, 15) is 4.79 Å². The minimum atomic E-state index is 0.119. The van der Waals surface area contributed by atoms with Crippen LogP contribution in [0.2, 0.25) is 0 Å². The first-order valence-corrected chi connectivity index (χ1v) is 6.46. The number of nitrogens with two attached hydrogens (primary N) is 1. The molecule has 1 rings (SSSR count). The largest absolute Gasteiger partial charge is 0.379 e. The van der Waals surface area contributed by atoms with E-state index in [0.29, 0.717) is 32.2 Å². The van der Waals surface area contributed by atoms with Gasteiger partial charge in [0.05, 0.1) is 13.2 Å². The minimum Gasteiger partial charge on any atom is -0.379 e. The highest BCUT2D eigenvalue weighted by Crippen LogP contribution is 2.30. The molecule has 2 atom stereocenters. The van der Waals surface area contributed by atoms with E-state index in [1.165, 1.54) is 0 Å². The Morgan fingerprint density at radius 2 is 2.29 bits per heavy atom. The van der Waals surface area contributed by atoms with Crippen LogP contribution in [0.3, 0.4) is 0 Å². The lowest BCUT2D eigenvalue weighted by atomic mass is 9.95. The molecule has 0 aromatic carbocycles. The lowest BCUT2D eigenvalue weighted by molar-refractivity contribution is -0.126. The van der Waals surface area contributed by atoms with Crippen molar-refractivity contribution in [2.24, 2.45) is 17.6 Å². The zero-order chi connectivity index (χ0) is 12.5. The first-order valence-electron chi connectivity index (χ1n) is 6.46. The topological polar surface area (TPSA) is 64.3 Å². The monoisotopic (exact) mass is 240 g/mol. The van der Waals surface area contributed by atoms with Crippen molar-refractivity contribution in [3.8, 4) is 0 Å². The maximum Gasteiger partial charge on any atom is 0.223 e. The summed E-state index contributed by atoms with van der Waals surface area (Å²) in [5.41, 5.74) is 5.66. The van der Waals surface area contributed by atoms with Crippen molar-refractivity contribution in [2.45, 2.75) is 25.7 Å². The Balaban J connectivity index is 2.10. The standard InChI is InChI=1S/C13H24N2O2/c1-2-3-8-17-9-7-15-13(16)12-6-4-5-11(12)10-14/h2,11-12H,1,3-10,14H2,(H,15,16). The fourth-order valence-corrected chi connectivity index (χ4v) is 2.31. The van der Waals surface area contributed by atoms with Gasteiger partial charge in [0.2, 0.25) is 5.91 Å². The number of hydrogen-bond acceptors (Lipinski definition) is 3. The van der Waals surface area contributed by atoms with Crippen LogP contribution in [-0.4, -0.2) is 32.2 Å². The van der Waals surface area contributed by atoms with Crippen LogP contribution in [0.5, 0.6) is 0 Å². The van der Waals surface area contributed by atoms with E-state index < -0.39 is 0 Å². The van der Waals surface area contributed by atoms with E-state index in [0.717, 1.165) is 25.7 Å². The van der Waals surface area contributed by atoms with Gasteiger partial charge in [0, 0.05) is 12.5 Å². The van der Waals surface area contributed by atoms with Crippen molar-refractivity contribution in [1.29, 1.82) is 0 Å². The summed E-state index contributed by atoms with van der Waals surface area (Å²) in [4.78, 5) is 11.9. The van der Waals surface area contributed by atoms with Crippen LogP contribution in [0.4, 0.5) is 0 Å². The van der Waals surface area contributed by atoms with Crippen LogP contribution in [0.15, 0.2) is 12.7 Å². The normalized spacial score (nSPS) is 23.6. The van der Waals surface area contributed by atoms with Gasteiger partial charge in [0.25, 0.3) is 0 Å². The zero-order valence-corrected chi connectivity index (χ0v) is 10.5. The summed E-state index contributed by atoms with van der Waals surface area (Å²) in [6, 6.07) is 0. The molecule has 0 aromatic heterocycles. The molecule has 17 heavy (non-hydrogen) atoms. The third kappa shape index (κ3) is 4.88. The molecule has 0 aromatic rings. The summed E-state index contributed by atoms with van der Waals surface area (Å²) < 4.78 is 5.33. The minimum absolute atomic E-state index is 0.119. The fraction of sp³-hybridized carbons (Fsp3) is 0.769. The van der Waals surface area contributed by atoms with Gasteiger partial charge in [-0.25, -0.2) is 0 Å². The molecule has 0 heterocycles. The summed E-state index contributed by atoms with van der Waals surface area (Å²) in [7, 11) is 0. The SMILES string of the molecule is C=CCCOCCNC(=O)C1CCCC1CN. The molecule has 4 nitrogen and oxygen atoms in total. The summed E-state index contributed by atoms with van der Waals surface area (Å²) >= 11 is 0. The maximum atomic E-state index is 11.9. The smallest absolute Gasteiger partial charge is 0.223 e. The van der Waals surface area contributed by atoms with Gasteiger partial charge in [0.1, 0.15) is 0 Å². The van der Waals surface area contributed by atoms with Crippen LogP contribution in [-0.2, 0) is 9.53 Å². The summed E-state index contributed by atoms with van der Waals surface area (Å²) in [6.07, 6.45) is 5.86. The quantitative estimate of drug-likeness (QED) is 0.493. The number of carbonyl (C=O) groups is 1. The number of hydrogen-bond donors (Lipinski definition) is 2. The molecule has 1 aliphatic rings. The Labute approximate surface area is 104 Å². The third-order valence-corrected chi connectivity index (χ3v) is 3.31. The Hall–Kier alpha value is -0.870. The van der Waals surface area contributed by atoms with Crippen molar-refractivity contribution in [3.63, 3.8) is 0 Å². The molecular weight excluding hydrogens is 216 g/mol. The van der Waals surface area contributed by atoms with Crippen molar-refractivity contribution in [1.82, 2.24) is 5.32 Å². The maximum absolute atomic E-state index is 11.9. The highest BCUT2D eigenvalue weighted by atomic mass is 16.5. The highest BCUT2D eigenvalue weighted by Gasteiger charge is 2.31. The number of ether oxygens (including phenoxy) is 1. The molecule has 0 saturated heterocycles. The number of nitrogens with one attached hydrogen (secondary N) is 1. The second-order valence-electron chi connectivity index (χ2n) is 4.51. The van der Waals surface area contributed by atoms with Gasteiger partial charge in [-0.05, 0) is 31.7 Å². The van der Waals surface area contributed by atoms with Crippen molar-refractivity contribution in [3.05, 3.63) is 12.7 Å². The predicted octanol–water partition coefficient (Wildman–Crippen LogP) is 1.07. The molecule has 4 heteroatoms. The molecule has 0 spiro atoms. The van der Waals surface area contributed by atoms with Crippen molar-refractivity contribution < 1.29 is 9.53 Å². The first kappa shape index (κ1) is 14.2.